The number of carbonyl (C=O) groups excluding carboxylic acids is 1. The Labute approximate surface area is 147 Å². The lowest BCUT2D eigenvalue weighted by atomic mass is 10.2. The fourth-order valence-corrected chi connectivity index (χ4v) is 3.24. The monoisotopic (exact) mass is 356 g/mol. The Kier molecular flexibility index (Phi) is 4.19. The molecule has 0 radical (unpaired) electrons. The second-order valence-electron chi connectivity index (χ2n) is 6.38. The molecule has 8 nitrogen and oxygen atoms in total. The van der Waals surface area contributed by atoms with Gasteiger partial charge in [0.25, 0.3) is 5.56 Å². The van der Waals surface area contributed by atoms with Crippen molar-refractivity contribution in [3.63, 3.8) is 0 Å². The van der Waals surface area contributed by atoms with Gasteiger partial charge in [-0.05, 0) is 31.0 Å². The van der Waals surface area contributed by atoms with Crippen LogP contribution in [0.3, 0.4) is 0 Å². The van der Waals surface area contributed by atoms with Gasteiger partial charge in [0.05, 0.1) is 5.69 Å². The van der Waals surface area contributed by atoms with Gasteiger partial charge in [-0.2, -0.15) is 4.68 Å². The van der Waals surface area contributed by atoms with E-state index in [9.17, 15) is 14.0 Å². The van der Waals surface area contributed by atoms with Crippen molar-refractivity contribution in [1.82, 2.24) is 29.9 Å². The Balaban J connectivity index is 1.61. The molecule has 1 fully saturated rings. The molecule has 2 heterocycles. The smallest absolute Gasteiger partial charge is 0.284 e. The van der Waals surface area contributed by atoms with Gasteiger partial charge in [0.2, 0.25) is 5.91 Å². The minimum atomic E-state index is -0.459. The molecule has 0 aliphatic heterocycles. The van der Waals surface area contributed by atoms with E-state index in [4.69, 9.17) is 0 Å². The largest absolute Gasteiger partial charge is 0.352 e. The molecule has 134 valence electrons. The molecule has 0 bridgehead atoms. The van der Waals surface area contributed by atoms with Crippen molar-refractivity contribution >= 4 is 17.1 Å². The highest BCUT2D eigenvalue weighted by Gasteiger charge is 2.19. The van der Waals surface area contributed by atoms with E-state index in [1.54, 1.807) is 6.07 Å². The molecule has 0 atom stereocenters. The Morgan fingerprint density at radius 3 is 2.88 bits per heavy atom. The van der Waals surface area contributed by atoms with Crippen molar-refractivity contribution in [3.8, 4) is 5.69 Å². The molecular weight excluding hydrogens is 339 g/mol. The van der Waals surface area contributed by atoms with Crippen molar-refractivity contribution < 1.29 is 9.18 Å². The maximum atomic E-state index is 13.4. The summed E-state index contributed by atoms with van der Waals surface area (Å²) in [6.07, 6.45) is 5.46. The third-order valence-electron chi connectivity index (χ3n) is 4.52. The quantitative estimate of drug-likeness (QED) is 0.757. The third kappa shape index (κ3) is 3.07. The summed E-state index contributed by atoms with van der Waals surface area (Å²) in [6, 6.07) is 5.94. The molecule has 1 aliphatic carbocycles. The molecule has 0 saturated heterocycles. The van der Waals surface area contributed by atoms with Gasteiger partial charge in [-0.15, -0.1) is 5.10 Å². The topological polar surface area (TPSA) is 94.7 Å². The number of hydrogen-bond donors (Lipinski definition) is 1. The minimum absolute atomic E-state index is 0.0328. The second kappa shape index (κ2) is 6.66. The van der Waals surface area contributed by atoms with Crippen molar-refractivity contribution in [3.05, 3.63) is 46.8 Å². The zero-order valence-electron chi connectivity index (χ0n) is 13.9. The number of halogens is 1. The van der Waals surface area contributed by atoms with Crippen LogP contribution in [0.1, 0.15) is 25.7 Å². The number of benzene rings is 1. The number of fused-ring (bicyclic) bond motifs is 1. The summed E-state index contributed by atoms with van der Waals surface area (Å²) < 4.78 is 15.9. The standard InChI is InChI=1S/C17H17FN6O2/c18-11-4-3-7-13(8-11)24-16-15(21-22-24)17(26)23(10-19-16)9-14(25)20-12-5-1-2-6-12/h3-4,7-8,10,12H,1-2,5-6,9H2,(H,20,25). The lowest BCUT2D eigenvalue weighted by molar-refractivity contribution is -0.122. The van der Waals surface area contributed by atoms with Gasteiger partial charge in [0, 0.05) is 6.04 Å². The molecule has 2 aromatic heterocycles. The SMILES string of the molecule is O=C(Cn1cnc2c(nnn2-c2cccc(F)c2)c1=O)NC1CCCC1. The number of rotatable bonds is 4. The maximum absolute atomic E-state index is 13.4. The van der Waals surface area contributed by atoms with Crippen LogP contribution >= 0.6 is 0 Å². The first-order valence-corrected chi connectivity index (χ1v) is 8.48. The van der Waals surface area contributed by atoms with Crippen molar-refractivity contribution in [2.24, 2.45) is 0 Å². The molecule has 1 aromatic carbocycles. The van der Waals surface area contributed by atoms with Crippen molar-refractivity contribution in [2.45, 2.75) is 38.3 Å². The highest BCUT2D eigenvalue weighted by molar-refractivity contribution is 5.77. The van der Waals surface area contributed by atoms with Crippen LogP contribution < -0.4 is 10.9 Å². The van der Waals surface area contributed by atoms with Gasteiger partial charge in [-0.3, -0.25) is 14.2 Å². The van der Waals surface area contributed by atoms with Gasteiger partial charge in [-0.1, -0.05) is 24.1 Å². The van der Waals surface area contributed by atoms with Crippen LogP contribution in [0.15, 0.2) is 35.4 Å². The maximum Gasteiger partial charge on any atom is 0.284 e. The summed E-state index contributed by atoms with van der Waals surface area (Å²) in [5.41, 5.74) is 0.203. The van der Waals surface area contributed by atoms with Gasteiger partial charge < -0.3 is 5.32 Å². The number of nitrogens with one attached hydrogen (secondary N) is 1. The Morgan fingerprint density at radius 2 is 2.12 bits per heavy atom. The molecule has 1 N–H and O–H groups in total. The van der Waals surface area contributed by atoms with Crippen LogP contribution in [-0.2, 0) is 11.3 Å². The summed E-state index contributed by atoms with van der Waals surface area (Å²) in [4.78, 5) is 28.9. The summed E-state index contributed by atoms with van der Waals surface area (Å²) in [5.74, 6) is -0.652. The third-order valence-corrected chi connectivity index (χ3v) is 4.52. The van der Waals surface area contributed by atoms with E-state index < -0.39 is 11.4 Å². The second-order valence-corrected chi connectivity index (χ2v) is 6.38. The van der Waals surface area contributed by atoms with Crippen LogP contribution in [0.5, 0.6) is 0 Å². The lowest BCUT2D eigenvalue weighted by Gasteiger charge is -2.12. The summed E-state index contributed by atoms with van der Waals surface area (Å²) in [5, 5.41) is 10.7. The minimum Gasteiger partial charge on any atom is -0.352 e. The molecule has 1 amide bonds. The van der Waals surface area contributed by atoms with Crippen molar-refractivity contribution in [1.29, 1.82) is 0 Å². The molecule has 9 heteroatoms. The fraction of sp³-hybridized carbons (Fsp3) is 0.353. The highest BCUT2D eigenvalue weighted by Crippen LogP contribution is 2.17. The molecule has 3 aromatic rings. The van der Waals surface area contributed by atoms with E-state index in [-0.39, 0.29) is 29.7 Å². The molecule has 1 saturated carbocycles. The summed E-state index contributed by atoms with van der Waals surface area (Å²) >= 11 is 0. The first-order valence-electron chi connectivity index (χ1n) is 8.48. The number of aromatic nitrogens is 5. The van der Waals surface area contributed by atoms with Gasteiger partial charge >= 0.3 is 0 Å². The highest BCUT2D eigenvalue weighted by atomic mass is 19.1. The molecule has 4 rings (SSSR count). The van der Waals surface area contributed by atoms with Crippen LogP contribution in [0.4, 0.5) is 4.39 Å². The Hall–Kier alpha value is -3.10. The molecule has 26 heavy (non-hydrogen) atoms. The van der Waals surface area contributed by atoms with Crippen LogP contribution in [0, 0.1) is 5.82 Å². The zero-order valence-corrected chi connectivity index (χ0v) is 13.9. The van der Waals surface area contributed by atoms with Crippen LogP contribution in [0.25, 0.3) is 16.9 Å². The number of carbonyl (C=O) groups is 1. The lowest BCUT2D eigenvalue weighted by Crippen LogP contribution is -2.37. The van der Waals surface area contributed by atoms with E-state index in [2.05, 4.69) is 20.6 Å². The molecule has 1 aliphatic rings. The molecular formula is C17H17FN6O2. The number of nitrogens with zero attached hydrogens (tertiary/aromatic N) is 5. The summed E-state index contributed by atoms with van der Waals surface area (Å²) in [7, 11) is 0. The Morgan fingerprint density at radius 1 is 1.31 bits per heavy atom. The van der Waals surface area contributed by atoms with Crippen molar-refractivity contribution in [2.75, 3.05) is 0 Å². The van der Waals surface area contributed by atoms with E-state index >= 15 is 0 Å². The van der Waals surface area contributed by atoms with E-state index in [1.807, 2.05) is 0 Å². The first kappa shape index (κ1) is 16.4. The Bertz CT molecular complexity index is 1020. The van der Waals surface area contributed by atoms with Gasteiger partial charge in [-0.25, -0.2) is 9.37 Å². The first-order chi connectivity index (χ1) is 12.6. The number of amides is 1. The van der Waals surface area contributed by atoms with E-state index in [0.717, 1.165) is 25.7 Å². The predicted octanol–water partition coefficient (Wildman–Crippen LogP) is 1.18. The zero-order chi connectivity index (χ0) is 18.1. The van der Waals surface area contributed by atoms with Crippen LogP contribution in [-0.4, -0.2) is 36.5 Å². The average molecular weight is 356 g/mol. The molecule has 0 spiro atoms. The van der Waals surface area contributed by atoms with Gasteiger partial charge in [0.1, 0.15) is 18.7 Å². The fourth-order valence-electron chi connectivity index (χ4n) is 3.24. The average Bonchev–Trinajstić information content (AvgIpc) is 3.27. The number of hydrogen-bond acceptors (Lipinski definition) is 5. The van der Waals surface area contributed by atoms with Gasteiger partial charge in [0.15, 0.2) is 11.2 Å². The van der Waals surface area contributed by atoms with E-state index in [1.165, 1.54) is 33.8 Å². The predicted molar refractivity (Wildman–Crippen MR) is 91.3 cm³/mol. The summed E-state index contributed by atoms with van der Waals surface area (Å²) in [6.45, 7) is -0.120. The molecule has 0 unspecified atom stereocenters. The van der Waals surface area contributed by atoms with E-state index in [0.29, 0.717) is 5.69 Å². The normalized spacial score (nSPS) is 14.8. The van der Waals surface area contributed by atoms with Crippen LogP contribution in [0.2, 0.25) is 0 Å².